The lowest BCUT2D eigenvalue weighted by Crippen LogP contribution is -2.32. The summed E-state index contributed by atoms with van der Waals surface area (Å²) < 4.78 is 0. The Labute approximate surface area is 83.7 Å². The minimum Gasteiger partial charge on any atom is -0.349 e. The van der Waals surface area contributed by atoms with Crippen LogP contribution in [0.4, 0.5) is 0 Å². The van der Waals surface area contributed by atoms with Crippen LogP contribution in [0, 0.1) is 5.92 Å². The third-order valence-corrected chi connectivity index (χ3v) is 2.70. The molecule has 0 unspecified atom stereocenters. The van der Waals surface area contributed by atoms with Gasteiger partial charge in [-0.05, 0) is 31.2 Å². The van der Waals surface area contributed by atoms with Crippen molar-refractivity contribution in [2.45, 2.75) is 31.7 Å². The quantitative estimate of drug-likeness (QED) is 0.378. The minimum atomic E-state index is 0.103. The second-order valence-electron chi connectivity index (χ2n) is 3.94. The average molecular weight is 196 g/mol. The molecule has 1 aliphatic rings. The van der Waals surface area contributed by atoms with E-state index in [1.807, 2.05) is 0 Å². The first-order valence-corrected chi connectivity index (χ1v) is 4.90. The Bertz CT molecular complexity index is 250. The fraction of sp³-hybridized carbons (Fsp3) is 0.889. The second-order valence-corrected chi connectivity index (χ2v) is 3.94. The Morgan fingerprint density at radius 2 is 1.93 bits per heavy atom. The van der Waals surface area contributed by atoms with Gasteiger partial charge in [0.1, 0.15) is 0 Å². The standard InChI is InChI=1S/C9H16N4O/c1-13(2)9(14)7-3-5-8(6-4-7)11-12-10/h7-8H,3-6H2,1-2H3. The van der Waals surface area contributed by atoms with Gasteiger partial charge in [0.2, 0.25) is 5.91 Å². The maximum Gasteiger partial charge on any atom is 0.225 e. The molecule has 0 N–H and O–H groups in total. The minimum absolute atomic E-state index is 0.103. The van der Waals surface area contributed by atoms with Gasteiger partial charge in [0, 0.05) is 31.0 Å². The molecular weight excluding hydrogens is 180 g/mol. The highest BCUT2D eigenvalue weighted by molar-refractivity contribution is 5.78. The zero-order chi connectivity index (χ0) is 10.6. The van der Waals surface area contributed by atoms with E-state index in [9.17, 15) is 4.79 Å². The van der Waals surface area contributed by atoms with Gasteiger partial charge < -0.3 is 4.90 Å². The van der Waals surface area contributed by atoms with Crippen molar-refractivity contribution in [2.75, 3.05) is 14.1 Å². The molecule has 0 heterocycles. The third-order valence-electron chi connectivity index (χ3n) is 2.70. The van der Waals surface area contributed by atoms with Crippen LogP contribution >= 0.6 is 0 Å². The number of azide groups is 1. The zero-order valence-corrected chi connectivity index (χ0v) is 8.68. The summed E-state index contributed by atoms with van der Waals surface area (Å²) >= 11 is 0. The van der Waals surface area contributed by atoms with Crippen molar-refractivity contribution in [1.82, 2.24) is 4.90 Å². The number of hydrogen-bond donors (Lipinski definition) is 0. The van der Waals surface area contributed by atoms with Crippen molar-refractivity contribution in [3.63, 3.8) is 0 Å². The van der Waals surface area contributed by atoms with Gasteiger partial charge in [0.25, 0.3) is 0 Å². The first kappa shape index (κ1) is 10.9. The monoisotopic (exact) mass is 196 g/mol. The van der Waals surface area contributed by atoms with Crippen LogP contribution in [0.3, 0.4) is 0 Å². The summed E-state index contributed by atoms with van der Waals surface area (Å²) in [5, 5.41) is 3.68. The molecule has 1 saturated carbocycles. The van der Waals surface area contributed by atoms with E-state index in [1.54, 1.807) is 19.0 Å². The topological polar surface area (TPSA) is 69.1 Å². The van der Waals surface area contributed by atoms with Crippen molar-refractivity contribution in [2.24, 2.45) is 11.0 Å². The van der Waals surface area contributed by atoms with Crippen LogP contribution in [-0.4, -0.2) is 30.9 Å². The van der Waals surface area contributed by atoms with E-state index in [1.165, 1.54) is 0 Å². The van der Waals surface area contributed by atoms with Crippen LogP contribution in [0.25, 0.3) is 10.4 Å². The fourth-order valence-corrected chi connectivity index (χ4v) is 1.88. The Morgan fingerprint density at radius 1 is 1.36 bits per heavy atom. The first-order chi connectivity index (χ1) is 6.65. The normalized spacial score (nSPS) is 26.4. The Hall–Kier alpha value is -1.22. The van der Waals surface area contributed by atoms with Crippen molar-refractivity contribution < 1.29 is 4.79 Å². The highest BCUT2D eigenvalue weighted by Gasteiger charge is 2.26. The summed E-state index contributed by atoms with van der Waals surface area (Å²) in [5.41, 5.74) is 8.26. The third kappa shape index (κ3) is 2.64. The molecule has 1 amide bonds. The summed E-state index contributed by atoms with van der Waals surface area (Å²) in [5.74, 6) is 0.333. The Morgan fingerprint density at radius 3 is 2.36 bits per heavy atom. The van der Waals surface area contributed by atoms with Crippen molar-refractivity contribution >= 4 is 5.91 Å². The molecule has 0 radical (unpaired) electrons. The van der Waals surface area contributed by atoms with E-state index in [0.717, 1.165) is 25.7 Å². The molecule has 5 nitrogen and oxygen atoms in total. The van der Waals surface area contributed by atoms with E-state index in [2.05, 4.69) is 10.0 Å². The number of carbonyl (C=O) groups is 1. The molecular formula is C9H16N4O. The van der Waals surface area contributed by atoms with E-state index in [4.69, 9.17) is 5.53 Å². The number of amides is 1. The van der Waals surface area contributed by atoms with E-state index < -0.39 is 0 Å². The number of nitrogens with zero attached hydrogens (tertiary/aromatic N) is 4. The lowest BCUT2D eigenvalue weighted by atomic mass is 9.85. The molecule has 0 atom stereocenters. The molecule has 5 heteroatoms. The van der Waals surface area contributed by atoms with Gasteiger partial charge in [-0.25, -0.2) is 0 Å². The van der Waals surface area contributed by atoms with Crippen LogP contribution in [0.1, 0.15) is 25.7 Å². The molecule has 0 saturated heterocycles. The molecule has 0 aromatic rings. The SMILES string of the molecule is CN(C)C(=O)C1CCC(N=[N+]=[N-])CC1. The maximum atomic E-state index is 11.6. The summed E-state index contributed by atoms with van der Waals surface area (Å²) in [6.45, 7) is 0. The average Bonchev–Trinajstić information content (AvgIpc) is 2.18. The molecule has 1 aliphatic carbocycles. The molecule has 0 aromatic carbocycles. The van der Waals surface area contributed by atoms with E-state index in [0.29, 0.717) is 0 Å². The van der Waals surface area contributed by atoms with Gasteiger partial charge in [0.15, 0.2) is 0 Å². The lowest BCUT2D eigenvalue weighted by molar-refractivity contribution is -0.134. The van der Waals surface area contributed by atoms with Crippen molar-refractivity contribution in [1.29, 1.82) is 0 Å². The van der Waals surface area contributed by atoms with Crippen molar-refractivity contribution in [3.8, 4) is 0 Å². The number of rotatable bonds is 2. The largest absolute Gasteiger partial charge is 0.349 e. The van der Waals surface area contributed by atoms with Gasteiger partial charge in [-0.15, -0.1) is 0 Å². The zero-order valence-electron chi connectivity index (χ0n) is 8.68. The predicted molar refractivity (Wildman–Crippen MR) is 53.6 cm³/mol. The van der Waals surface area contributed by atoms with Gasteiger partial charge in [-0.3, -0.25) is 4.79 Å². The fourth-order valence-electron chi connectivity index (χ4n) is 1.88. The first-order valence-electron chi connectivity index (χ1n) is 4.90. The molecule has 0 aliphatic heterocycles. The van der Waals surface area contributed by atoms with Crippen LogP contribution in [0.2, 0.25) is 0 Å². The molecule has 0 aromatic heterocycles. The summed E-state index contributed by atoms with van der Waals surface area (Å²) in [6.07, 6.45) is 3.38. The number of hydrogen-bond acceptors (Lipinski definition) is 2. The van der Waals surface area contributed by atoms with Gasteiger partial charge in [0.05, 0.1) is 0 Å². The van der Waals surface area contributed by atoms with Gasteiger partial charge >= 0.3 is 0 Å². The van der Waals surface area contributed by atoms with Gasteiger partial charge in [-0.1, -0.05) is 5.11 Å². The van der Waals surface area contributed by atoms with Crippen LogP contribution in [0.15, 0.2) is 5.11 Å². The molecule has 0 spiro atoms. The molecule has 1 fully saturated rings. The molecule has 14 heavy (non-hydrogen) atoms. The Kier molecular flexibility index (Phi) is 3.77. The van der Waals surface area contributed by atoms with Crippen LogP contribution in [0.5, 0.6) is 0 Å². The molecule has 78 valence electrons. The summed E-state index contributed by atoms with van der Waals surface area (Å²) in [4.78, 5) is 16.0. The van der Waals surface area contributed by atoms with Crippen LogP contribution in [-0.2, 0) is 4.79 Å². The van der Waals surface area contributed by atoms with Crippen molar-refractivity contribution in [3.05, 3.63) is 10.4 Å². The second kappa shape index (κ2) is 4.86. The van der Waals surface area contributed by atoms with Crippen LogP contribution < -0.4 is 0 Å². The van der Waals surface area contributed by atoms with Gasteiger partial charge in [-0.2, -0.15) is 0 Å². The molecule has 0 bridgehead atoms. The highest BCUT2D eigenvalue weighted by Crippen LogP contribution is 2.27. The smallest absolute Gasteiger partial charge is 0.225 e. The summed E-state index contributed by atoms with van der Waals surface area (Å²) in [7, 11) is 3.56. The maximum absolute atomic E-state index is 11.6. The summed E-state index contributed by atoms with van der Waals surface area (Å²) in [6, 6.07) is 0.103. The molecule has 1 rings (SSSR count). The predicted octanol–water partition coefficient (Wildman–Crippen LogP) is 1.94. The Balaban J connectivity index is 2.43. The van der Waals surface area contributed by atoms with E-state index in [-0.39, 0.29) is 17.9 Å². The highest BCUT2D eigenvalue weighted by atomic mass is 16.2. The number of carbonyl (C=O) groups excluding carboxylic acids is 1. The lowest BCUT2D eigenvalue weighted by Gasteiger charge is -2.26. The van der Waals surface area contributed by atoms with E-state index >= 15 is 0 Å².